The lowest BCUT2D eigenvalue weighted by Gasteiger charge is -2.07. The number of nitrogens with zero attached hydrogens (tertiary/aromatic N) is 1. The molecule has 22 heavy (non-hydrogen) atoms. The van der Waals surface area contributed by atoms with E-state index in [-0.39, 0.29) is 11.9 Å². The SMILES string of the molecule is CCC(N)Cc1cn(CC(=O)NCCOC)c2ccccc12. The summed E-state index contributed by atoms with van der Waals surface area (Å²) in [7, 11) is 1.62. The maximum atomic E-state index is 12.0. The zero-order chi connectivity index (χ0) is 15.9. The molecule has 1 aromatic carbocycles. The lowest BCUT2D eigenvalue weighted by Crippen LogP contribution is -2.30. The first-order valence-electron chi connectivity index (χ1n) is 7.73. The topological polar surface area (TPSA) is 69.3 Å². The zero-order valence-corrected chi connectivity index (χ0v) is 13.3. The number of rotatable bonds is 8. The largest absolute Gasteiger partial charge is 0.383 e. The molecule has 0 aliphatic rings. The summed E-state index contributed by atoms with van der Waals surface area (Å²) in [5.41, 5.74) is 8.36. The molecule has 5 heteroatoms. The lowest BCUT2D eigenvalue weighted by atomic mass is 10.0. The number of aromatic nitrogens is 1. The number of para-hydroxylation sites is 1. The van der Waals surface area contributed by atoms with Gasteiger partial charge in [-0.05, 0) is 24.5 Å². The van der Waals surface area contributed by atoms with E-state index in [1.165, 1.54) is 10.9 Å². The van der Waals surface area contributed by atoms with Crippen molar-refractivity contribution in [1.82, 2.24) is 9.88 Å². The molecule has 0 saturated carbocycles. The number of hydrogen-bond donors (Lipinski definition) is 2. The van der Waals surface area contributed by atoms with Crippen molar-refractivity contribution in [3.05, 3.63) is 36.0 Å². The molecule has 2 rings (SSSR count). The minimum atomic E-state index is -0.0101. The predicted octanol–water partition coefficient (Wildman–Crippen LogP) is 1.68. The molecule has 120 valence electrons. The molecule has 0 saturated heterocycles. The van der Waals surface area contributed by atoms with E-state index in [2.05, 4.69) is 24.5 Å². The second kappa shape index (κ2) is 7.96. The summed E-state index contributed by atoms with van der Waals surface area (Å²) in [5.74, 6) is -0.0101. The Labute approximate surface area is 131 Å². The molecule has 1 unspecified atom stereocenters. The van der Waals surface area contributed by atoms with Gasteiger partial charge in [0.05, 0.1) is 6.61 Å². The van der Waals surface area contributed by atoms with Gasteiger partial charge in [0.25, 0.3) is 0 Å². The van der Waals surface area contributed by atoms with Gasteiger partial charge in [0.1, 0.15) is 6.54 Å². The molecule has 0 spiro atoms. The molecule has 0 aliphatic heterocycles. The average molecular weight is 303 g/mol. The van der Waals surface area contributed by atoms with E-state index in [0.717, 1.165) is 18.4 Å². The number of methoxy groups -OCH3 is 1. The molecule has 0 bridgehead atoms. The first kappa shape index (κ1) is 16.5. The van der Waals surface area contributed by atoms with Crippen LogP contribution in [0.25, 0.3) is 10.9 Å². The third-order valence-electron chi connectivity index (χ3n) is 3.82. The number of carbonyl (C=O) groups is 1. The number of nitrogens with two attached hydrogens (primary N) is 1. The molecule has 5 nitrogen and oxygen atoms in total. The Balaban J connectivity index is 2.17. The van der Waals surface area contributed by atoms with Crippen molar-refractivity contribution in [3.8, 4) is 0 Å². The zero-order valence-electron chi connectivity index (χ0n) is 13.3. The number of hydrogen-bond acceptors (Lipinski definition) is 3. The minimum absolute atomic E-state index is 0.0101. The van der Waals surface area contributed by atoms with E-state index < -0.39 is 0 Å². The Bertz CT molecular complexity index is 621. The number of ether oxygens (including phenoxy) is 1. The standard InChI is InChI=1S/C17H25N3O2/c1-3-14(18)10-13-11-20(12-17(21)19-8-9-22-2)16-7-5-4-6-15(13)16/h4-7,11,14H,3,8-10,12,18H2,1-2H3,(H,19,21). The van der Waals surface area contributed by atoms with Gasteiger partial charge in [-0.1, -0.05) is 25.1 Å². The summed E-state index contributed by atoms with van der Waals surface area (Å²) in [6.07, 6.45) is 3.82. The van der Waals surface area contributed by atoms with Crippen LogP contribution < -0.4 is 11.1 Å². The Kier molecular flexibility index (Phi) is 5.98. The Morgan fingerprint density at radius 1 is 1.41 bits per heavy atom. The van der Waals surface area contributed by atoms with Gasteiger partial charge in [-0.25, -0.2) is 0 Å². The summed E-state index contributed by atoms with van der Waals surface area (Å²) in [6.45, 7) is 3.45. The third-order valence-corrected chi connectivity index (χ3v) is 3.82. The maximum Gasteiger partial charge on any atom is 0.240 e. The fourth-order valence-corrected chi connectivity index (χ4v) is 2.55. The molecular formula is C17H25N3O2. The third kappa shape index (κ3) is 4.08. The van der Waals surface area contributed by atoms with Crippen molar-refractivity contribution >= 4 is 16.8 Å². The van der Waals surface area contributed by atoms with Crippen LogP contribution in [-0.4, -0.2) is 36.8 Å². The van der Waals surface area contributed by atoms with E-state index in [1.54, 1.807) is 7.11 Å². The van der Waals surface area contributed by atoms with Crippen molar-refractivity contribution in [2.24, 2.45) is 5.73 Å². The van der Waals surface area contributed by atoms with Crippen LogP contribution in [0.3, 0.4) is 0 Å². The highest BCUT2D eigenvalue weighted by molar-refractivity contribution is 5.86. The summed E-state index contributed by atoms with van der Waals surface area (Å²) in [6, 6.07) is 8.29. The average Bonchev–Trinajstić information content (AvgIpc) is 2.85. The van der Waals surface area contributed by atoms with Crippen LogP contribution in [0.5, 0.6) is 0 Å². The monoisotopic (exact) mass is 303 g/mol. The van der Waals surface area contributed by atoms with Crippen molar-refractivity contribution in [2.75, 3.05) is 20.3 Å². The van der Waals surface area contributed by atoms with E-state index >= 15 is 0 Å². The second-order valence-electron chi connectivity index (χ2n) is 5.51. The molecule has 0 aliphatic carbocycles. The van der Waals surface area contributed by atoms with Crippen molar-refractivity contribution < 1.29 is 9.53 Å². The van der Waals surface area contributed by atoms with E-state index in [0.29, 0.717) is 19.7 Å². The summed E-state index contributed by atoms with van der Waals surface area (Å²) in [4.78, 5) is 12.0. The minimum Gasteiger partial charge on any atom is -0.383 e. The number of amides is 1. The Morgan fingerprint density at radius 2 is 2.18 bits per heavy atom. The van der Waals surface area contributed by atoms with Gasteiger partial charge < -0.3 is 20.4 Å². The van der Waals surface area contributed by atoms with Crippen molar-refractivity contribution in [3.63, 3.8) is 0 Å². The first-order valence-corrected chi connectivity index (χ1v) is 7.73. The predicted molar refractivity (Wildman–Crippen MR) is 88.8 cm³/mol. The number of benzene rings is 1. The molecule has 0 radical (unpaired) electrons. The van der Waals surface area contributed by atoms with Crippen LogP contribution in [-0.2, 0) is 22.5 Å². The lowest BCUT2D eigenvalue weighted by molar-refractivity contribution is -0.121. The summed E-state index contributed by atoms with van der Waals surface area (Å²) >= 11 is 0. The van der Waals surface area contributed by atoms with E-state index in [1.807, 2.05) is 22.8 Å². The molecule has 2 aromatic rings. The van der Waals surface area contributed by atoms with Crippen LogP contribution in [0.4, 0.5) is 0 Å². The van der Waals surface area contributed by atoms with Crippen LogP contribution in [0.2, 0.25) is 0 Å². The van der Waals surface area contributed by atoms with Gasteiger partial charge >= 0.3 is 0 Å². The highest BCUT2D eigenvalue weighted by atomic mass is 16.5. The maximum absolute atomic E-state index is 12.0. The van der Waals surface area contributed by atoms with Crippen LogP contribution in [0.15, 0.2) is 30.5 Å². The molecule has 0 fully saturated rings. The fraction of sp³-hybridized carbons (Fsp3) is 0.471. The van der Waals surface area contributed by atoms with Crippen LogP contribution >= 0.6 is 0 Å². The molecule has 3 N–H and O–H groups in total. The molecule has 1 atom stereocenters. The highest BCUT2D eigenvalue weighted by Crippen LogP contribution is 2.22. The van der Waals surface area contributed by atoms with Crippen LogP contribution in [0.1, 0.15) is 18.9 Å². The molecule has 1 aromatic heterocycles. The van der Waals surface area contributed by atoms with Gasteiger partial charge in [0, 0.05) is 36.8 Å². The fourth-order valence-electron chi connectivity index (χ4n) is 2.55. The number of nitrogens with one attached hydrogen (secondary N) is 1. The van der Waals surface area contributed by atoms with Crippen LogP contribution in [0, 0.1) is 0 Å². The van der Waals surface area contributed by atoms with Gasteiger partial charge in [-0.15, -0.1) is 0 Å². The van der Waals surface area contributed by atoms with E-state index in [4.69, 9.17) is 10.5 Å². The first-order chi connectivity index (χ1) is 10.7. The second-order valence-corrected chi connectivity index (χ2v) is 5.51. The smallest absolute Gasteiger partial charge is 0.240 e. The molecular weight excluding hydrogens is 278 g/mol. The van der Waals surface area contributed by atoms with Gasteiger partial charge in [-0.3, -0.25) is 4.79 Å². The highest BCUT2D eigenvalue weighted by Gasteiger charge is 2.12. The van der Waals surface area contributed by atoms with Gasteiger partial charge in [0.15, 0.2) is 0 Å². The normalized spacial score (nSPS) is 12.5. The quantitative estimate of drug-likeness (QED) is 0.729. The Morgan fingerprint density at radius 3 is 2.91 bits per heavy atom. The summed E-state index contributed by atoms with van der Waals surface area (Å²) < 4.78 is 6.93. The van der Waals surface area contributed by atoms with Gasteiger partial charge in [0.2, 0.25) is 5.91 Å². The van der Waals surface area contributed by atoms with E-state index in [9.17, 15) is 4.79 Å². The number of carbonyl (C=O) groups excluding carboxylic acids is 1. The number of fused-ring (bicyclic) bond motifs is 1. The molecule has 1 heterocycles. The van der Waals surface area contributed by atoms with Crippen molar-refractivity contribution in [1.29, 1.82) is 0 Å². The molecule has 1 amide bonds. The summed E-state index contributed by atoms with van der Waals surface area (Å²) in [5, 5.41) is 4.03. The van der Waals surface area contributed by atoms with Gasteiger partial charge in [-0.2, -0.15) is 0 Å². The van der Waals surface area contributed by atoms with Crippen molar-refractivity contribution in [2.45, 2.75) is 32.4 Å². The Hall–Kier alpha value is -1.85.